The second kappa shape index (κ2) is 24.5. The summed E-state index contributed by atoms with van der Waals surface area (Å²) in [6.07, 6.45) is 0.592. The first kappa shape index (κ1) is 50.7. The lowest BCUT2D eigenvalue weighted by molar-refractivity contribution is -0.142. The van der Waals surface area contributed by atoms with Gasteiger partial charge in [0.1, 0.15) is 40.8 Å². The Bertz CT molecular complexity index is 1720. The highest BCUT2D eigenvalue weighted by atomic mass is 16.6. The van der Waals surface area contributed by atoms with Gasteiger partial charge >= 0.3 is 18.0 Å². The second-order valence-corrected chi connectivity index (χ2v) is 15.4. The molecule has 0 bridgehead atoms. The molecule has 4 unspecified atom stereocenters. The normalized spacial score (nSPS) is 13.1. The van der Waals surface area contributed by atoms with Crippen molar-refractivity contribution in [3.8, 4) is 11.5 Å². The number of ether oxygens (including phenoxy) is 2. The number of hydrogen-bond donors (Lipinski definition) is 11. The lowest BCUT2D eigenvalue weighted by Gasteiger charge is -2.25. The van der Waals surface area contributed by atoms with Gasteiger partial charge in [0.2, 0.25) is 11.8 Å². The predicted molar refractivity (Wildman–Crippen MR) is 222 cm³/mol. The van der Waals surface area contributed by atoms with E-state index in [0.717, 1.165) is 11.1 Å². The zero-order chi connectivity index (χ0) is 44.9. The van der Waals surface area contributed by atoms with E-state index in [2.05, 4.69) is 25.9 Å². The van der Waals surface area contributed by atoms with Crippen molar-refractivity contribution in [1.82, 2.24) is 16.0 Å². The minimum absolute atomic E-state index is 0.0677. The Kier molecular flexibility index (Phi) is 21.0. The van der Waals surface area contributed by atoms with E-state index in [1.165, 1.54) is 12.1 Å². The van der Waals surface area contributed by atoms with Gasteiger partial charge < -0.3 is 69.4 Å². The Morgan fingerprint density at radius 2 is 1.08 bits per heavy atom. The van der Waals surface area contributed by atoms with E-state index in [0.29, 0.717) is 18.6 Å². The zero-order valence-corrected chi connectivity index (χ0v) is 34.6. The molecule has 0 radical (unpaired) electrons. The number of benzene rings is 2. The smallest absolute Gasteiger partial charge is 0.408 e. The Morgan fingerprint density at radius 1 is 0.644 bits per heavy atom. The third-order valence-electron chi connectivity index (χ3n) is 7.64. The van der Waals surface area contributed by atoms with Crippen molar-refractivity contribution in [3.63, 3.8) is 0 Å². The molecule has 0 heterocycles. The van der Waals surface area contributed by atoms with Gasteiger partial charge in [0.05, 0.1) is 6.04 Å². The largest absolute Gasteiger partial charge is 0.508 e. The Labute approximate surface area is 344 Å². The molecule has 4 atom stereocenters. The standard InChI is InChI=1S/C24H39N5O6.C15H23N5O4/c1-23(2,3)34-16-11-9-15(10-12-16)14-18(29-22(33)35-24(4,5)6)19(30)28-17(20(31)32)8-7-13-27-21(25)26;16-11(8-9-3-5-10(21)6-4-9)13(22)20-12(14(23)24)2-1-7-19-15(17)18/h9-12,17-18H,7-8,13-14H2,1-6H3,(H,28,30)(H,29,33)(H,31,32)(H4,25,26,27);3-6,11-12,21H,1-2,7-8,16H2,(H,20,22)(H,23,24)(H4,17,18,19). The molecule has 3 amide bonds. The summed E-state index contributed by atoms with van der Waals surface area (Å²) in [5, 5.41) is 35.4. The van der Waals surface area contributed by atoms with E-state index < -0.39 is 59.6 Å². The number of carbonyl (C=O) groups excluding carboxylic acids is 3. The summed E-state index contributed by atoms with van der Waals surface area (Å²) in [4.78, 5) is 67.9. The van der Waals surface area contributed by atoms with Crippen LogP contribution in [0.15, 0.2) is 58.5 Å². The van der Waals surface area contributed by atoms with Crippen LogP contribution in [0.3, 0.4) is 0 Å². The summed E-state index contributed by atoms with van der Waals surface area (Å²) in [7, 11) is 0. The molecule has 2 rings (SSSR count). The van der Waals surface area contributed by atoms with Crippen LogP contribution in [0.5, 0.6) is 11.5 Å². The molecule has 0 saturated carbocycles. The molecule has 20 nitrogen and oxygen atoms in total. The number of amides is 3. The van der Waals surface area contributed by atoms with Gasteiger partial charge in [0, 0.05) is 19.5 Å². The fourth-order valence-corrected chi connectivity index (χ4v) is 4.99. The number of nitrogens with two attached hydrogens (primary N) is 5. The molecule has 0 aliphatic rings. The van der Waals surface area contributed by atoms with Crippen molar-refractivity contribution in [2.45, 2.75) is 115 Å². The van der Waals surface area contributed by atoms with Gasteiger partial charge in [-0.2, -0.15) is 0 Å². The highest BCUT2D eigenvalue weighted by molar-refractivity contribution is 5.89. The number of carbonyl (C=O) groups is 5. The van der Waals surface area contributed by atoms with Crippen molar-refractivity contribution < 1.29 is 48.8 Å². The number of aliphatic imine (C=N–C) groups is 2. The van der Waals surface area contributed by atoms with E-state index in [1.54, 1.807) is 57.2 Å². The molecule has 0 fully saturated rings. The van der Waals surface area contributed by atoms with Gasteiger partial charge in [-0.25, -0.2) is 14.4 Å². The molecule has 0 saturated heterocycles. The van der Waals surface area contributed by atoms with Crippen LogP contribution in [-0.4, -0.2) is 106 Å². The van der Waals surface area contributed by atoms with Crippen molar-refractivity contribution in [1.29, 1.82) is 0 Å². The van der Waals surface area contributed by atoms with E-state index in [-0.39, 0.29) is 62.0 Å². The number of phenols is 1. The Morgan fingerprint density at radius 3 is 1.51 bits per heavy atom. The number of carboxylic acids is 2. The topological polar surface area (TPSA) is 355 Å². The summed E-state index contributed by atoms with van der Waals surface area (Å²) in [6, 6.07) is 9.17. The number of carboxylic acid groups (broad SMARTS) is 2. The minimum atomic E-state index is -1.21. The fourth-order valence-electron chi connectivity index (χ4n) is 4.99. The number of guanidine groups is 2. The number of aliphatic carboxylic acids is 2. The van der Waals surface area contributed by atoms with Crippen LogP contribution >= 0.6 is 0 Å². The van der Waals surface area contributed by atoms with Gasteiger partial charge in [-0.05, 0) is 109 Å². The van der Waals surface area contributed by atoms with Crippen molar-refractivity contribution in [2.24, 2.45) is 38.7 Å². The summed E-state index contributed by atoms with van der Waals surface area (Å²) in [5.41, 5.74) is 27.1. The lowest BCUT2D eigenvalue weighted by atomic mass is 10.0. The van der Waals surface area contributed by atoms with E-state index >= 15 is 0 Å². The molecule has 59 heavy (non-hydrogen) atoms. The van der Waals surface area contributed by atoms with E-state index in [1.807, 2.05) is 20.8 Å². The molecule has 0 aliphatic heterocycles. The molecular formula is C39H62N10O10. The van der Waals surface area contributed by atoms with Gasteiger partial charge in [-0.1, -0.05) is 24.3 Å². The van der Waals surface area contributed by atoms with Gasteiger partial charge in [-0.15, -0.1) is 0 Å². The van der Waals surface area contributed by atoms with Crippen LogP contribution in [0.2, 0.25) is 0 Å². The summed E-state index contributed by atoms with van der Waals surface area (Å²) in [6.45, 7) is 11.4. The van der Waals surface area contributed by atoms with Crippen LogP contribution in [-0.2, 0) is 36.8 Å². The van der Waals surface area contributed by atoms with Gasteiger partial charge in [0.25, 0.3) is 0 Å². The molecule has 2 aromatic carbocycles. The monoisotopic (exact) mass is 830 g/mol. The van der Waals surface area contributed by atoms with Crippen LogP contribution in [0.4, 0.5) is 4.79 Å². The average Bonchev–Trinajstić information content (AvgIpc) is 3.10. The maximum absolute atomic E-state index is 13.0. The number of hydrogen-bond acceptors (Lipinski definition) is 11. The molecule has 2 aromatic rings. The zero-order valence-electron chi connectivity index (χ0n) is 34.6. The van der Waals surface area contributed by atoms with Crippen LogP contribution < -0.4 is 49.4 Å². The first-order chi connectivity index (χ1) is 27.3. The highest BCUT2D eigenvalue weighted by Crippen LogP contribution is 2.19. The van der Waals surface area contributed by atoms with E-state index in [9.17, 15) is 34.2 Å². The maximum Gasteiger partial charge on any atom is 0.408 e. The summed E-state index contributed by atoms with van der Waals surface area (Å²) in [5.74, 6) is -2.95. The van der Waals surface area contributed by atoms with Crippen LogP contribution in [0.25, 0.3) is 0 Å². The molecule has 16 N–H and O–H groups in total. The first-order valence-electron chi connectivity index (χ1n) is 18.8. The molecule has 0 aromatic heterocycles. The van der Waals surface area contributed by atoms with E-state index in [4.69, 9.17) is 43.2 Å². The third-order valence-corrected chi connectivity index (χ3v) is 7.64. The molecule has 20 heteroatoms. The average molecular weight is 831 g/mol. The number of alkyl carbamates (subject to hydrolysis) is 1. The molecule has 328 valence electrons. The Hall–Kier alpha value is -6.31. The molecule has 0 spiro atoms. The number of aromatic hydroxyl groups is 1. The summed E-state index contributed by atoms with van der Waals surface area (Å²) >= 11 is 0. The molecule has 0 aliphatic carbocycles. The molecular weight excluding hydrogens is 768 g/mol. The summed E-state index contributed by atoms with van der Waals surface area (Å²) < 4.78 is 11.1. The number of nitrogens with one attached hydrogen (secondary N) is 3. The van der Waals surface area contributed by atoms with Crippen LogP contribution in [0, 0.1) is 0 Å². The first-order valence-corrected chi connectivity index (χ1v) is 18.8. The van der Waals surface area contributed by atoms with Crippen LogP contribution in [0.1, 0.15) is 78.4 Å². The highest BCUT2D eigenvalue weighted by Gasteiger charge is 2.29. The SMILES string of the molecule is CC(C)(C)OC(=O)NC(Cc1ccc(OC(C)(C)C)cc1)C(=O)NC(CCCN=C(N)N)C(=O)O.NC(N)=NCCCC(NC(=O)C(N)Cc1ccc(O)cc1)C(=O)O. The lowest BCUT2D eigenvalue weighted by Crippen LogP contribution is -2.53. The van der Waals surface area contributed by atoms with Gasteiger partial charge in [-0.3, -0.25) is 19.6 Å². The quantitative estimate of drug-likeness (QED) is 0.0500. The fraction of sp³-hybridized carbons (Fsp3) is 0.513. The Balaban J connectivity index is 0.000000632. The van der Waals surface area contributed by atoms with Crippen molar-refractivity contribution in [3.05, 3.63) is 59.7 Å². The maximum atomic E-state index is 13.0. The number of nitrogens with zero attached hydrogens (tertiary/aromatic N) is 2. The second-order valence-electron chi connectivity index (χ2n) is 15.4. The minimum Gasteiger partial charge on any atom is -0.508 e. The number of rotatable bonds is 20. The number of phenolic OH excluding ortho intramolecular Hbond substituents is 1. The van der Waals surface area contributed by atoms with Crippen molar-refractivity contribution >= 4 is 41.8 Å². The van der Waals surface area contributed by atoms with Gasteiger partial charge in [0.15, 0.2) is 11.9 Å². The predicted octanol–water partition coefficient (Wildman–Crippen LogP) is 0.808. The third kappa shape index (κ3) is 23.5. The van der Waals surface area contributed by atoms with Crippen molar-refractivity contribution in [2.75, 3.05) is 13.1 Å².